The van der Waals surface area contributed by atoms with Gasteiger partial charge in [-0.3, -0.25) is 9.59 Å². The Morgan fingerprint density at radius 3 is 2.53 bits per heavy atom. The molecule has 1 rings (SSSR count). The van der Waals surface area contributed by atoms with Crippen molar-refractivity contribution in [3.63, 3.8) is 0 Å². The van der Waals surface area contributed by atoms with Crippen LogP contribution in [0.5, 0.6) is 0 Å². The third-order valence-corrected chi connectivity index (χ3v) is 2.74. The maximum absolute atomic E-state index is 11.2. The fraction of sp³-hybridized carbons (Fsp3) is 0.800. The van der Waals surface area contributed by atoms with E-state index in [-0.39, 0.29) is 18.4 Å². The smallest absolute Gasteiger partial charge is 0.239 e. The van der Waals surface area contributed by atoms with Gasteiger partial charge in [-0.25, -0.2) is 0 Å². The van der Waals surface area contributed by atoms with Crippen molar-refractivity contribution >= 4 is 27.7 Å². The zero-order chi connectivity index (χ0) is 11.1. The van der Waals surface area contributed by atoms with Crippen LogP contribution in [0.3, 0.4) is 0 Å². The number of halogens is 1. The van der Waals surface area contributed by atoms with Gasteiger partial charge in [-0.1, -0.05) is 15.9 Å². The van der Waals surface area contributed by atoms with Gasteiger partial charge in [-0.05, 0) is 25.7 Å². The summed E-state index contributed by atoms with van der Waals surface area (Å²) in [6, 6.07) is 0.364. The molecule has 4 nitrogen and oxygen atoms in total. The van der Waals surface area contributed by atoms with Crippen LogP contribution >= 0.6 is 15.9 Å². The van der Waals surface area contributed by atoms with E-state index in [4.69, 9.17) is 0 Å². The minimum atomic E-state index is -0.0775. The Morgan fingerprint density at radius 1 is 1.20 bits per heavy atom. The molecule has 0 unspecified atom stereocenters. The van der Waals surface area contributed by atoms with Crippen LogP contribution in [0.15, 0.2) is 0 Å². The molecule has 5 heteroatoms. The number of amides is 2. The van der Waals surface area contributed by atoms with Gasteiger partial charge in [-0.15, -0.1) is 0 Å². The predicted octanol–water partition coefficient (Wildman–Crippen LogP) is 0.946. The molecule has 1 aliphatic rings. The lowest BCUT2D eigenvalue weighted by Gasteiger charge is -2.05. The van der Waals surface area contributed by atoms with Gasteiger partial charge >= 0.3 is 0 Å². The molecule has 0 radical (unpaired) electrons. The summed E-state index contributed by atoms with van der Waals surface area (Å²) in [6.45, 7) is 0.115. The molecule has 0 atom stereocenters. The van der Waals surface area contributed by atoms with Gasteiger partial charge in [0.25, 0.3) is 0 Å². The van der Waals surface area contributed by atoms with Gasteiger partial charge in [-0.2, -0.15) is 0 Å². The molecule has 0 aromatic rings. The number of nitrogens with one attached hydrogen (secondary N) is 2. The lowest BCUT2D eigenvalue weighted by Crippen LogP contribution is -2.37. The number of hydrogen-bond acceptors (Lipinski definition) is 2. The summed E-state index contributed by atoms with van der Waals surface area (Å²) < 4.78 is 0. The van der Waals surface area contributed by atoms with E-state index in [1.807, 2.05) is 0 Å². The zero-order valence-electron chi connectivity index (χ0n) is 8.72. The van der Waals surface area contributed by atoms with Gasteiger partial charge in [0, 0.05) is 17.8 Å². The minimum absolute atomic E-state index is 0.0399. The van der Waals surface area contributed by atoms with Crippen molar-refractivity contribution in [2.24, 2.45) is 0 Å². The normalized spacial score (nSPS) is 14.7. The van der Waals surface area contributed by atoms with E-state index in [1.54, 1.807) is 0 Å². The van der Waals surface area contributed by atoms with Crippen molar-refractivity contribution in [2.45, 2.75) is 38.1 Å². The van der Waals surface area contributed by atoms with E-state index < -0.39 is 0 Å². The average Bonchev–Trinajstić information content (AvgIpc) is 2.99. The summed E-state index contributed by atoms with van der Waals surface area (Å²) in [4.78, 5) is 22.4. The average molecular weight is 277 g/mol. The molecular weight excluding hydrogens is 260 g/mol. The Kier molecular flexibility index (Phi) is 5.68. The summed E-state index contributed by atoms with van der Waals surface area (Å²) in [5.41, 5.74) is 0. The molecule has 1 aliphatic carbocycles. The first kappa shape index (κ1) is 12.5. The third-order valence-electron chi connectivity index (χ3n) is 2.18. The van der Waals surface area contributed by atoms with Crippen molar-refractivity contribution in [3.05, 3.63) is 0 Å². The SMILES string of the molecule is O=C(CCCCBr)NCC(=O)NC1CC1. The van der Waals surface area contributed by atoms with Crippen LogP contribution in [-0.2, 0) is 9.59 Å². The number of hydrogen-bond donors (Lipinski definition) is 2. The molecule has 0 aromatic heterocycles. The number of carbonyl (C=O) groups excluding carboxylic acids is 2. The first-order valence-corrected chi connectivity index (χ1v) is 6.46. The van der Waals surface area contributed by atoms with Crippen LogP contribution in [0.1, 0.15) is 32.1 Å². The van der Waals surface area contributed by atoms with Crippen LogP contribution in [0, 0.1) is 0 Å². The Balaban J connectivity index is 1.97. The van der Waals surface area contributed by atoms with Crippen LogP contribution in [0.2, 0.25) is 0 Å². The molecule has 1 fully saturated rings. The Hall–Kier alpha value is -0.580. The summed E-state index contributed by atoms with van der Waals surface area (Å²) >= 11 is 3.30. The fourth-order valence-corrected chi connectivity index (χ4v) is 1.55. The molecule has 2 N–H and O–H groups in total. The Bertz CT molecular complexity index is 229. The number of rotatable bonds is 7. The van der Waals surface area contributed by atoms with E-state index in [0.717, 1.165) is 31.0 Å². The molecule has 15 heavy (non-hydrogen) atoms. The topological polar surface area (TPSA) is 58.2 Å². The molecule has 0 heterocycles. The molecule has 0 spiro atoms. The van der Waals surface area contributed by atoms with E-state index in [2.05, 4.69) is 26.6 Å². The van der Waals surface area contributed by atoms with Crippen molar-refractivity contribution in [2.75, 3.05) is 11.9 Å². The van der Waals surface area contributed by atoms with Crippen LogP contribution in [0.25, 0.3) is 0 Å². The summed E-state index contributed by atoms with van der Waals surface area (Å²) in [7, 11) is 0. The molecule has 0 aliphatic heterocycles. The number of alkyl halides is 1. The molecule has 86 valence electrons. The largest absolute Gasteiger partial charge is 0.352 e. The van der Waals surface area contributed by atoms with E-state index in [0.29, 0.717) is 12.5 Å². The van der Waals surface area contributed by atoms with Gasteiger partial charge in [0.2, 0.25) is 11.8 Å². The molecule has 2 amide bonds. The van der Waals surface area contributed by atoms with Gasteiger partial charge in [0.05, 0.1) is 6.54 Å². The standard InChI is InChI=1S/C10H17BrN2O2/c11-6-2-1-3-9(14)12-7-10(15)13-8-4-5-8/h8H,1-7H2,(H,12,14)(H,13,15). The number of unbranched alkanes of at least 4 members (excludes halogenated alkanes) is 1. The summed E-state index contributed by atoms with van der Waals surface area (Å²) in [5, 5.41) is 6.34. The number of carbonyl (C=O) groups is 2. The molecule has 0 aromatic carbocycles. The minimum Gasteiger partial charge on any atom is -0.352 e. The molecule has 0 bridgehead atoms. The highest BCUT2D eigenvalue weighted by Gasteiger charge is 2.22. The monoisotopic (exact) mass is 276 g/mol. The second-order valence-electron chi connectivity index (χ2n) is 3.76. The Labute approximate surface area is 98.3 Å². The Morgan fingerprint density at radius 2 is 1.93 bits per heavy atom. The van der Waals surface area contributed by atoms with Crippen molar-refractivity contribution in [1.82, 2.24) is 10.6 Å². The van der Waals surface area contributed by atoms with E-state index in [1.165, 1.54) is 0 Å². The first-order chi connectivity index (χ1) is 7.22. The van der Waals surface area contributed by atoms with Crippen molar-refractivity contribution < 1.29 is 9.59 Å². The van der Waals surface area contributed by atoms with Crippen LogP contribution in [0.4, 0.5) is 0 Å². The van der Waals surface area contributed by atoms with Crippen LogP contribution in [-0.4, -0.2) is 29.7 Å². The molecule has 1 saturated carbocycles. The quantitative estimate of drug-likeness (QED) is 0.537. The van der Waals surface area contributed by atoms with Crippen molar-refractivity contribution in [3.8, 4) is 0 Å². The van der Waals surface area contributed by atoms with Gasteiger partial charge in [0.15, 0.2) is 0 Å². The lowest BCUT2D eigenvalue weighted by molar-refractivity contribution is -0.126. The molecule has 0 saturated heterocycles. The maximum Gasteiger partial charge on any atom is 0.239 e. The lowest BCUT2D eigenvalue weighted by atomic mass is 10.2. The highest BCUT2D eigenvalue weighted by Crippen LogP contribution is 2.18. The molecular formula is C10H17BrN2O2. The highest BCUT2D eigenvalue weighted by atomic mass is 79.9. The van der Waals surface area contributed by atoms with Gasteiger partial charge in [0.1, 0.15) is 0 Å². The maximum atomic E-state index is 11.2. The predicted molar refractivity (Wildman–Crippen MR) is 61.8 cm³/mol. The fourth-order valence-electron chi connectivity index (χ4n) is 1.15. The second kappa shape index (κ2) is 6.82. The highest BCUT2D eigenvalue weighted by molar-refractivity contribution is 9.09. The third kappa shape index (κ3) is 6.49. The summed E-state index contributed by atoms with van der Waals surface area (Å²) in [6.07, 6.45) is 4.50. The summed E-state index contributed by atoms with van der Waals surface area (Å²) in [5.74, 6) is -0.117. The van der Waals surface area contributed by atoms with Crippen molar-refractivity contribution in [1.29, 1.82) is 0 Å². The van der Waals surface area contributed by atoms with Crippen LogP contribution < -0.4 is 10.6 Å². The van der Waals surface area contributed by atoms with E-state index in [9.17, 15) is 9.59 Å². The van der Waals surface area contributed by atoms with E-state index >= 15 is 0 Å². The first-order valence-electron chi connectivity index (χ1n) is 5.34. The second-order valence-corrected chi connectivity index (χ2v) is 4.56. The zero-order valence-corrected chi connectivity index (χ0v) is 10.3. The van der Waals surface area contributed by atoms with Gasteiger partial charge < -0.3 is 10.6 Å².